The molecule has 1 N–H and O–H groups in total. The number of halogens is 4. The topological polar surface area (TPSA) is 80.7 Å². The van der Waals surface area contributed by atoms with Crippen molar-refractivity contribution in [3.05, 3.63) is 69.3 Å². The summed E-state index contributed by atoms with van der Waals surface area (Å²) in [6, 6.07) is 13.2. The molecule has 0 amide bonds. The van der Waals surface area contributed by atoms with Crippen LogP contribution >= 0.6 is 20.2 Å². The number of alkyl halides is 3. The molecule has 0 atom stereocenters. The summed E-state index contributed by atoms with van der Waals surface area (Å²) in [5.74, 6) is 1.13. The zero-order valence-corrected chi connectivity index (χ0v) is 15.7. The maximum atomic E-state index is 12.7. The number of carboxylic acids is 1. The van der Waals surface area contributed by atoms with Crippen LogP contribution in [0.5, 0.6) is 0 Å². The van der Waals surface area contributed by atoms with E-state index in [0.717, 1.165) is 6.07 Å². The monoisotopic (exact) mass is 498 g/mol. The third-order valence-electron chi connectivity index (χ3n) is 2.77. The number of carboxylic acid groups (broad SMARTS) is 1. The van der Waals surface area contributed by atoms with Gasteiger partial charge in [0.25, 0.3) is 0 Å². The molecule has 2 rings (SSSR count). The first kappa shape index (κ1) is 20.2. The first-order chi connectivity index (χ1) is 12.1. The second-order valence-corrected chi connectivity index (χ2v) is 10.3. The van der Waals surface area contributed by atoms with Gasteiger partial charge in [0.15, 0.2) is 0 Å². The summed E-state index contributed by atoms with van der Waals surface area (Å²) in [6.07, 6.45) is 0. The average Bonchev–Trinajstić information content (AvgIpc) is 2.58. The van der Waals surface area contributed by atoms with Crippen LogP contribution in [0.4, 0.5) is 13.2 Å². The molecule has 0 saturated carbocycles. The van der Waals surface area contributed by atoms with E-state index in [9.17, 15) is 31.5 Å². The van der Waals surface area contributed by atoms with Crippen LogP contribution in [0.25, 0.3) is 0 Å². The fraction of sp³-hybridized carbons (Fsp3) is 0.0625. The van der Waals surface area contributed by atoms with Crippen LogP contribution in [0.15, 0.2) is 54.6 Å². The molecule has 0 aliphatic rings. The van der Waals surface area contributed by atoms with Crippen LogP contribution < -0.4 is 0 Å². The zero-order valence-electron chi connectivity index (χ0n) is 12.7. The summed E-state index contributed by atoms with van der Waals surface area (Å²) < 4.78 is 67.5. The van der Waals surface area contributed by atoms with Gasteiger partial charge < -0.3 is 0 Å². The molecule has 0 fully saturated rings. The van der Waals surface area contributed by atoms with Crippen molar-refractivity contribution < 1.29 is 34.0 Å². The van der Waals surface area contributed by atoms with Crippen molar-refractivity contribution in [3.8, 4) is 9.85 Å². The van der Waals surface area contributed by atoms with Gasteiger partial charge in [-0.15, -0.1) is 0 Å². The van der Waals surface area contributed by atoms with Crippen LogP contribution in [-0.4, -0.2) is 25.0 Å². The predicted octanol–water partition coefficient (Wildman–Crippen LogP) is 3.85. The van der Waals surface area contributed by atoms with E-state index in [1.54, 1.807) is 30.3 Å². The summed E-state index contributed by atoms with van der Waals surface area (Å²) in [5, 5.41) is 9.21. The molecule has 0 aromatic heterocycles. The molecule has 0 aliphatic heterocycles. The molecule has 0 saturated heterocycles. The van der Waals surface area contributed by atoms with Crippen molar-refractivity contribution >= 4 is 36.3 Å². The zero-order chi connectivity index (χ0) is 19.4. The summed E-state index contributed by atoms with van der Waals surface area (Å²) in [5.41, 5.74) is -5.55. The molecular weight excluding hydrogens is 488 g/mol. The van der Waals surface area contributed by atoms with Crippen LogP contribution in [0.3, 0.4) is 0 Å². The fourth-order valence-electron chi connectivity index (χ4n) is 1.62. The van der Waals surface area contributed by atoms with Crippen LogP contribution in [0.1, 0.15) is 15.9 Å². The van der Waals surface area contributed by atoms with Crippen molar-refractivity contribution in [1.82, 2.24) is 0 Å². The molecule has 5 nitrogen and oxygen atoms in total. The molecule has 0 radical (unpaired) electrons. The summed E-state index contributed by atoms with van der Waals surface area (Å²) in [6.45, 7) is 0. The Balaban J connectivity index is 2.54. The third kappa shape index (κ3) is 4.96. The third-order valence-corrected chi connectivity index (χ3v) is 8.88. The fourth-order valence-corrected chi connectivity index (χ4v) is 7.16. The van der Waals surface area contributed by atoms with Gasteiger partial charge in [0.05, 0.1) is 0 Å². The van der Waals surface area contributed by atoms with Gasteiger partial charge in [-0.2, -0.15) is 0 Å². The van der Waals surface area contributed by atoms with Gasteiger partial charge in [-0.05, 0) is 0 Å². The molecule has 0 unspecified atom stereocenters. The number of rotatable bonds is 4. The van der Waals surface area contributed by atoms with E-state index in [4.69, 9.17) is 0 Å². The molecule has 2 aromatic rings. The number of hydrogen-bond donors (Lipinski definition) is 1. The second-order valence-electron chi connectivity index (χ2n) is 4.58. The van der Waals surface area contributed by atoms with E-state index in [2.05, 4.69) is 12.4 Å². The SMILES string of the molecule is O=C(O)c1ccccc1I(C#Cc1ccccc1)OS(=O)(=O)C(F)(F)F. The van der Waals surface area contributed by atoms with Gasteiger partial charge in [0.1, 0.15) is 0 Å². The van der Waals surface area contributed by atoms with Gasteiger partial charge in [-0.1, -0.05) is 0 Å². The normalized spacial score (nSPS) is 12.0. The first-order valence-electron chi connectivity index (χ1n) is 6.72. The summed E-state index contributed by atoms with van der Waals surface area (Å²) in [4.78, 5) is 11.3. The van der Waals surface area contributed by atoms with E-state index in [0.29, 0.717) is 5.56 Å². The Hall–Kier alpha value is -2.10. The Kier molecular flexibility index (Phi) is 6.27. The minimum atomic E-state index is -5.92. The molecule has 26 heavy (non-hydrogen) atoms. The van der Waals surface area contributed by atoms with Gasteiger partial charge in [0.2, 0.25) is 0 Å². The van der Waals surface area contributed by atoms with E-state index >= 15 is 0 Å². The molecule has 10 heteroatoms. The van der Waals surface area contributed by atoms with Crippen LogP contribution in [-0.2, 0) is 12.6 Å². The first-order valence-corrected chi connectivity index (χ1v) is 11.2. The van der Waals surface area contributed by atoms with Crippen molar-refractivity contribution in [2.45, 2.75) is 5.51 Å². The Morgan fingerprint density at radius 3 is 2.19 bits per heavy atom. The molecule has 0 bridgehead atoms. The molecule has 0 heterocycles. The number of hydrogen-bond acceptors (Lipinski definition) is 4. The van der Waals surface area contributed by atoms with Gasteiger partial charge >= 0.3 is 155 Å². The van der Waals surface area contributed by atoms with Crippen LogP contribution in [0.2, 0.25) is 0 Å². The van der Waals surface area contributed by atoms with Crippen molar-refractivity contribution in [2.24, 2.45) is 0 Å². The molecule has 2 aromatic carbocycles. The van der Waals surface area contributed by atoms with E-state index < -0.39 is 41.8 Å². The van der Waals surface area contributed by atoms with Crippen molar-refractivity contribution in [2.75, 3.05) is 0 Å². The number of carbonyl (C=O) groups is 1. The van der Waals surface area contributed by atoms with E-state index in [1.165, 1.54) is 18.2 Å². The minimum absolute atomic E-state index is 0.152. The Morgan fingerprint density at radius 1 is 1.04 bits per heavy atom. The molecule has 0 aliphatic carbocycles. The van der Waals surface area contributed by atoms with Gasteiger partial charge in [0, 0.05) is 0 Å². The summed E-state index contributed by atoms with van der Waals surface area (Å²) >= 11 is -3.85. The van der Waals surface area contributed by atoms with Crippen LogP contribution in [0, 0.1) is 13.4 Å². The number of benzene rings is 2. The molecule has 138 valence electrons. The average molecular weight is 498 g/mol. The standard InChI is InChI=1S/C16H10F3IO5S/c17-16(18,19)26(23,24)25-20(11-10-12-6-2-1-3-7-12)14-9-5-4-8-13(14)15(21)22/h1-9H,(H,21,22). The molecular formula is C16H10F3IO5S. The van der Waals surface area contributed by atoms with Gasteiger partial charge in [-0.3, -0.25) is 0 Å². The quantitative estimate of drug-likeness (QED) is 0.394. The predicted molar refractivity (Wildman–Crippen MR) is 95.5 cm³/mol. The van der Waals surface area contributed by atoms with E-state index in [1.807, 2.05) is 0 Å². The Labute approximate surface area is 154 Å². The Bertz CT molecular complexity index is 963. The number of aromatic carboxylic acids is 1. The van der Waals surface area contributed by atoms with Crippen molar-refractivity contribution in [1.29, 1.82) is 0 Å². The van der Waals surface area contributed by atoms with Crippen molar-refractivity contribution in [3.63, 3.8) is 0 Å². The summed E-state index contributed by atoms with van der Waals surface area (Å²) in [7, 11) is -5.92. The van der Waals surface area contributed by atoms with Gasteiger partial charge in [-0.25, -0.2) is 0 Å². The Morgan fingerprint density at radius 2 is 1.62 bits per heavy atom. The molecule has 0 spiro atoms. The second kappa shape index (κ2) is 8.07. The van der Waals surface area contributed by atoms with E-state index in [-0.39, 0.29) is 9.13 Å². The maximum absolute atomic E-state index is 12.7.